The Labute approximate surface area is 201 Å². The van der Waals surface area contributed by atoms with Crippen molar-refractivity contribution in [2.24, 2.45) is 5.10 Å². The fourth-order valence-corrected chi connectivity index (χ4v) is 4.57. The predicted molar refractivity (Wildman–Crippen MR) is 136 cm³/mol. The summed E-state index contributed by atoms with van der Waals surface area (Å²) in [5.41, 5.74) is 7.74. The second-order valence-electron chi connectivity index (χ2n) is 7.29. The van der Waals surface area contributed by atoms with Gasteiger partial charge in [0.25, 0.3) is 5.91 Å². The number of rotatable bonds is 9. The van der Waals surface area contributed by atoms with E-state index in [1.165, 1.54) is 28.7 Å². The van der Waals surface area contributed by atoms with Crippen LogP contribution in [0.5, 0.6) is 5.75 Å². The van der Waals surface area contributed by atoms with E-state index in [1.54, 1.807) is 6.21 Å². The number of hydrogen-bond donors (Lipinski definition) is 1. The van der Waals surface area contributed by atoms with Crippen LogP contribution in [0.4, 0.5) is 0 Å². The number of hydrazone groups is 1. The zero-order valence-corrected chi connectivity index (χ0v) is 19.7. The van der Waals surface area contributed by atoms with Crippen molar-refractivity contribution >= 4 is 35.2 Å². The lowest BCUT2D eigenvalue weighted by molar-refractivity contribution is -0.118. The molecule has 0 radical (unpaired) electrons. The Morgan fingerprint density at radius 3 is 2.73 bits per heavy atom. The molecule has 0 aliphatic carbocycles. The molecule has 7 heteroatoms. The minimum atomic E-state index is -0.181. The molecule has 0 aliphatic heterocycles. The standard InChI is InChI=1S/C26H23N3O2S2/c1-19-10-12-20(13-11-19)16-31-23-9-5-6-21(14-23)15-27-29-25(30)18-33-26-28-24(17-32-26)22-7-3-2-4-8-22/h2-15,17H,16,18H2,1H3,(H,29,30)/b27-15+. The van der Waals surface area contributed by atoms with E-state index in [0.717, 1.165) is 32.5 Å². The molecule has 5 nitrogen and oxygen atoms in total. The molecule has 33 heavy (non-hydrogen) atoms. The first kappa shape index (κ1) is 22.8. The number of aromatic nitrogens is 1. The van der Waals surface area contributed by atoms with Gasteiger partial charge in [-0.2, -0.15) is 5.10 Å². The van der Waals surface area contributed by atoms with Crippen LogP contribution in [-0.2, 0) is 11.4 Å². The molecule has 0 saturated heterocycles. The summed E-state index contributed by atoms with van der Waals surface area (Å²) in [6, 6.07) is 25.8. The normalized spacial score (nSPS) is 10.9. The fourth-order valence-electron chi connectivity index (χ4n) is 2.94. The predicted octanol–water partition coefficient (Wildman–Crippen LogP) is 5.94. The van der Waals surface area contributed by atoms with Gasteiger partial charge in [-0.25, -0.2) is 10.4 Å². The Kier molecular flexibility index (Phi) is 7.90. The summed E-state index contributed by atoms with van der Waals surface area (Å²) in [7, 11) is 0. The number of nitrogens with one attached hydrogen (secondary N) is 1. The van der Waals surface area contributed by atoms with Gasteiger partial charge in [-0.05, 0) is 30.2 Å². The first-order valence-electron chi connectivity index (χ1n) is 10.4. The van der Waals surface area contributed by atoms with Crippen molar-refractivity contribution in [3.8, 4) is 17.0 Å². The maximum Gasteiger partial charge on any atom is 0.250 e. The van der Waals surface area contributed by atoms with Crippen molar-refractivity contribution in [3.05, 3.63) is 101 Å². The Morgan fingerprint density at radius 2 is 1.91 bits per heavy atom. The second-order valence-corrected chi connectivity index (χ2v) is 9.37. The van der Waals surface area contributed by atoms with Crippen LogP contribution < -0.4 is 10.2 Å². The Morgan fingerprint density at radius 1 is 1.09 bits per heavy atom. The highest BCUT2D eigenvalue weighted by atomic mass is 32.2. The molecule has 0 aliphatic rings. The van der Waals surface area contributed by atoms with Crippen LogP contribution in [0.1, 0.15) is 16.7 Å². The molecule has 0 fully saturated rings. The lowest BCUT2D eigenvalue weighted by Gasteiger charge is -2.07. The number of thioether (sulfide) groups is 1. The third-order valence-corrected chi connectivity index (χ3v) is 6.69. The number of carbonyl (C=O) groups excluding carboxylic acids is 1. The molecule has 4 rings (SSSR count). The van der Waals surface area contributed by atoms with E-state index in [2.05, 4.69) is 46.7 Å². The van der Waals surface area contributed by atoms with E-state index >= 15 is 0 Å². The fraction of sp³-hybridized carbons (Fsp3) is 0.115. The number of aryl methyl sites for hydroxylation is 1. The minimum absolute atomic E-state index is 0.181. The molecule has 1 N–H and O–H groups in total. The third kappa shape index (κ3) is 7.03. The number of nitrogens with zero attached hydrogens (tertiary/aromatic N) is 2. The monoisotopic (exact) mass is 473 g/mol. The lowest BCUT2D eigenvalue weighted by Crippen LogP contribution is -2.19. The molecule has 1 amide bonds. The van der Waals surface area contributed by atoms with E-state index < -0.39 is 0 Å². The molecule has 3 aromatic carbocycles. The maximum absolute atomic E-state index is 12.1. The zero-order chi connectivity index (χ0) is 22.9. The van der Waals surface area contributed by atoms with Gasteiger partial charge < -0.3 is 4.74 Å². The van der Waals surface area contributed by atoms with Crippen molar-refractivity contribution in [1.29, 1.82) is 0 Å². The smallest absolute Gasteiger partial charge is 0.250 e. The molecular weight excluding hydrogens is 450 g/mol. The van der Waals surface area contributed by atoms with Crippen molar-refractivity contribution < 1.29 is 9.53 Å². The third-order valence-electron chi connectivity index (χ3n) is 4.67. The number of carbonyl (C=O) groups is 1. The van der Waals surface area contributed by atoms with Gasteiger partial charge in [0.2, 0.25) is 0 Å². The summed E-state index contributed by atoms with van der Waals surface area (Å²) >= 11 is 2.93. The molecule has 0 saturated carbocycles. The van der Waals surface area contributed by atoms with Gasteiger partial charge in [0.15, 0.2) is 4.34 Å². The lowest BCUT2D eigenvalue weighted by atomic mass is 10.2. The minimum Gasteiger partial charge on any atom is -0.489 e. The summed E-state index contributed by atoms with van der Waals surface area (Å²) in [5.74, 6) is 0.817. The number of ether oxygens (including phenoxy) is 1. The molecule has 0 atom stereocenters. The van der Waals surface area contributed by atoms with Crippen LogP contribution >= 0.6 is 23.1 Å². The highest BCUT2D eigenvalue weighted by molar-refractivity contribution is 8.01. The Hall–Kier alpha value is -3.42. The maximum atomic E-state index is 12.1. The number of amides is 1. The molecule has 0 bridgehead atoms. The van der Waals surface area contributed by atoms with Crippen LogP contribution in [0.25, 0.3) is 11.3 Å². The largest absolute Gasteiger partial charge is 0.489 e. The van der Waals surface area contributed by atoms with Gasteiger partial charge in [0, 0.05) is 10.9 Å². The Balaban J connectivity index is 1.23. The average Bonchev–Trinajstić information content (AvgIpc) is 3.32. The van der Waals surface area contributed by atoms with Crippen molar-refractivity contribution in [2.45, 2.75) is 17.9 Å². The molecule has 0 unspecified atom stereocenters. The van der Waals surface area contributed by atoms with Crippen LogP contribution in [0.15, 0.2) is 93.7 Å². The van der Waals surface area contributed by atoms with E-state index in [0.29, 0.717) is 6.61 Å². The van der Waals surface area contributed by atoms with E-state index in [1.807, 2.05) is 60.0 Å². The summed E-state index contributed by atoms with van der Waals surface area (Å²) in [4.78, 5) is 16.7. The topological polar surface area (TPSA) is 63.6 Å². The van der Waals surface area contributed by atoms with Crippen molar-refractivity contribution in [1.82, 2.24) is 10.4 Å². The quantitative estimate of drug-likeness (QED) is 0.186. The van der Waals surface area contributed by atoms with Crippen LogP contribution in [0, 0.1) is 6.92 Å². The number of benzene rings is 3. The van der Waals surface area contributed by atoms with E-state index in [4.69, 9.17) is 4.74 Å². The van der Waals surface area contributed by atoms with Gasteiger partial charge in [0.1, 0.15) is 12.4 Å². The first-order chi connectivity index (χ1) is 16.2. The van der Waals surface area contributed by atoms with Crippen LogP contribution in [-0.4, -0.2) is 22.9 Å². The van der Waals surface area contributed by atoms with Gasteiger partial charge in [-0.3, -0.25) is 4.79 Å². The molecule has 1 heterocycles. The summed E-state index contributed by atoms with van der Waals surface area (Å²) in [5, 5.41) is 6.07. The van der Waals surface area contributed by atoms with Crippen molar-refractivity contribution in [3.63, 3.8) is 0 Å². The first-order valence-corrected chi connectivity index (χ1v) is 12.3. The number of thiazole rings is 1. The summed E-state index contributed by atoms with van der Waals surface area (Å²) in [6.07, 6.45) is 1.61. The molecule has 4 aromatic rings. The molecule has 1 aromatic heterocycles. The van der Waals surface area contributed by atoms with Gasteiger partial charge in [-0.15, -0.1) is 11.3 Å². The summed E-state index contributed by atoms with van der Waals surface area (Å²) in [6.45, 7) is 2.56. The average molecular weight is 474 g/mol. The molecule has 166 valence electrons. The highest BCUT2D eigenvalue weighted by Crippen LogP contribution is 2.27. The van der Waals surface area contributed by atoms with Crippen molar-refractivity contribution in [2.75, 3.05) is 5.75 Å². The highest BCUT2D eigenvalue weighted by Gasteiger charge is 2.07. The second kappa shape index (κ2) is 11.4. The Bertz CT molecular complexity index is 1220. The van der Waals surface area contributed by atoms with E-state index in [9.17, 15) is 4.79 Å². The molecular formula is C26H23N3O2S2. The van der Waals surface area contributed by atoms with Gasteiger partial charge >= 0.3 is 0 Å². The van der Waals surface area contributed by atoms with Crippen LogP contribution in [0.2, 0.25) is 0 Å². The molecule has 0 spiro atoms. The summed E-state index contributed by atoms with van der Waals surface area (Å²) < 4.78 is 6.72. The SMILES string of the molecule is Cc1ccc(COc2cccc(/C=N/NC(=O)CSc3nc(-c4ccccc4)cs3)c2)cc1. The van der Waals surface area contributed by atoms with E-state index in [-0.39, 0.29) is 11.7 Å². The zero-order valence-electron chi connectivity index (χ0n) is 18.1. The van der Waals surface area contributed by atoms with Crippen LogP contribution in [0.3, 0.4) is 0 Å². The van der Waals surface area contributed by atoms with Gasteiger partial charge in [-0.1, -0.05) is 84.1 Å². The number of hydrogen-bond acceptors (Lipinski definition) is 6. The van der Waals surface area contributed by atoms with Gasteiger partial charge in [0.05, 0.1) is 17.7 Å².